The van der Waals surface area contributed by atoms with Crippen molar-refractivity contribution >= 4 is 17.7 Å². The largest absolute Gasteiger partial charge is 0.480 e. The van der Waals surface area contributed by atoms with E-state index in [1.165, 1.54) is 12.8 Å². The summed E-state index contributed by atoms with van der Waals surface area (Å²) < 4.78 is 0. The summed E-state index contributed by atoms with van der Waals surface area (Å²) in [5, 5.41) is 13.2. The van der Waals surface area contributed by atoms with Crippen molar-refractivity contribution in [2.45, 2.75) is 56.9 Å². The van der Waals surface area contributed by atoms with E-state index in [0.29, 0.717) is 6.04 Å². The second-order valence-electron chi connectivity index (χ2n) is 4.94. The van der Waals surface area contributed by atoms with Crippen LogP contribution in [0.1, 0.15) is 39.5 Å². The number of aliphatic carboxylic acids is 1. The maximum atomic E-state index is 11.1. The monoisotopic (exact) mass is 245 g/mol. The quantitative estimate of drug-likeness (QED) is 0.780. The van der Waals surface area contributed by atoms with Crippen molar-refractivity contribution in [1.82, 2.24) is 5.32 Å². The van der Waals surface area contributed by atoms with E-state index in [4.69, 9.17) is 5.11 Å². The van der Waals surface area contributed by atoms with Crippen LogP contribution in [0, 0.1) is 5.92 Å². The van der Waals surface area contributed by atoms with Crippen molar-refractivity contribution in [2.24, 2.45) is 5.92 Å². The third kappa shape index (κ3) is 3.98. The molecule has 0 radical (unpaired) electrons. The van der Waals surface area contributed by atoms with Gasteiger partial charge in [-0.05, 0) is 37.9 Å². The molecule has 94 valence electrons. The second kappa shape index (κ2) is 6.50. The van der Waals surface area contributed by atoms with Gasteiger partial charge in [-0.25, -0.2) is 0 Å². The SMILES string of the molecule is CSC1CCC(NC(C(=O)O)C(C)C)CC1. The molecule has 0 aromatic heterocycles. The van der Waals surface area contributed by atoms with Gasteiger partial charge in [0, 0.05) is 11.3 Å². The molecule has 0 aliphatic heterocycles. The van der Waals surface area contributed by atoms with E-state index in [-0.39, 0.29) is 5.92 Å². The number of hydrogen-bond donors (Lipinski definition) is 2. The fraction of sp³-hybridized carbons (Fsp3) is 0.917. The van der Waals surface area contributed by atoms with Gasteiger partial charge in [0.15, 0.2) is 0 Å². The Balaban J connectivity index is 2.39. The van der Waals surface area contributed by atoms with Crippen molar-refractivity contribution in [1.29, 1.82) is 0 Å². The van der Waals surface area contributed by atoms with E-state index in [9.17, 15) is 4.79 Å². The average Bonchev–Trinajstić information content (AvgIpc) is 2.25. The lowest BCUT2D eigenvalue weighted by atomic mass is 9.93. The van der Waals surface area contributed by atoms with Crippen LogP contribution in [0.3, 0.4) is 0 Å². The molecule has 1 atom stereocenters. The zero-order valence-electron chi connectivity index (χ0n) is 10.4. The summed E-state index contributed by atoms with van der Waals surface area (Å²) >= 11 is 1.94. The van der Waals surface area contributed by atoms with Crippen molar-refractivity contribution < 1.29 is 9.90 Å². The van der Waals surface area contributed by atoms with E-state index in [0.717, 1.165) is 18.1 Å². The second-order valence-corrected chi connectivity index (χ2v) is 6.07. The molecule has 1 saturated carbocycles. The minimum absolute atomic E-state index is 0.149. The molecule has 16 heavy (non-hydrogen) atoms. The summed E-state index contributed by atoms with van der Waals surface area (Å²) in [7, 11) is 0. The van der Waals surface area contributed by atoms with E-state index < -0.39 is 12.0 Å². The molecule has 1 aliphatic carbocycles. The summed E-state index contributed by atoms with van der Waals surface area (Å²) in [4.78, 5) is 11.1. The lowest BCUT2D eigenvalue weighted by Gasteiger charge is -2.31. The molecule has 0 saturated heterocycles. The molecule has 0 aromatic carbocycles. The highest BCUT2D eigenvalue weighted by Crippen LogP contribution is 2.27. The van der Waals surface area contributed by atoms with Crippen LogP contribution in [0.15, 0.2) is 0 Å². The molecule has 0 spiro atoms. The Morgan fingerprint density at radius 3 is 2.25 bits per heavy atom. The highest BCUT2D eigenvalue weighted by Gasteiger charge is 2.27. The van der Waals surface area contributed by atoms with Gasteiger partial charge in [0.25, 0.3) is 0 Å². The lowest BCUT2D eigenvalue weighted by molar-refractivity contribution is -0.141. The highest BCUT2D eigenvalue weighted by atomic mass is 32.2. The Hall–Kier alpha value is -0.220. The van der Waals surface area contributed by atoms with Gasteiger partial charge in [0.05, 0.1) is 0 Å². The molecule has 0 amide bonds. The van der Waals surface area contributed by atoms with Crippen LogP contribution in [0.25, 0.3) is 0 Å². The Kier molecular flexibility index (Phi) is 5.62. The Morgan fingerprint density at radius 1 is 1.31 bits per heavy atom. The zero-order chi connectivity index (χ0) is 12.1. The van der Waals surface area contributed by atoms with Gasteiger partial charge in [0.1, 0.15) is 6.04 Å². The number of hydrogen-bond acceptors (Lipinski definition) is 3. The molecule has 1 aliphatic rings. The van der Waals surface area contributed by atoms with Crippen LogP contribution in [0.5, 0.6) is 0 Å². The standard InChI is InChI=1S/C12H23NO2S/c1-8(2)11(12(14)15)13-9-4-6-10(16-3)7-5-9/h8-11,13H,4-7H2,1-3H3,(H,14,15). The summed E-state index contributed by atoms with van der Waals surface area (Å²) in [5.41, 5.74) is 0. The lowest BCUT2D eigenvalue weighted by Crippen LogP contribution is -2.47. The van der Waals surface area contributed by atoms with Gasteiger partial charge in [-0.1, -0.05) is 13.8 Å². The Labute approximate surface area is 102 Å². The van der Waals surface area contributed by atoms with E-state index in [2.05, 4.69) is 11.6 Å². The van der Waals surface area contributed by atoms with Gasteiger partial charge in [-0.3, -0.25) is 4.79 Å². The maximum absolute atomic E-state index is 11.1. The van der Waals surface area contributed by atoms with Gasteiger partial charge >= 0.3 is 5.97 Å². The van der Waals surface area contributed by atoms with Gasteiger partial charge in [-0.15, -0.1) is 0 Å². The molecule has 2 N–H and O–H groups in total. The van der Waals surface area contributed by atoms with Crippen molar-refractivity contribution in [2.75, 3.05) is 6.26 Å². The fourth-order valence-electron chi connectivity index (χ4n) is 2.27. The van der Waals surface area contributed by atoms with Crippen molar-refractivity contribution in [3.63, 3.8) is 0 Å². The first-order chi connectivity index (χ1) is 7.54. The number of carbonyl (C=O) groups is 1. The van der Waals surface area contributed by atoms with Gasteiger partial charge in [0.2, 0.25) is 0 Å². The predicted octanol–water partition coefficient (Wildman–Crippen LogP) is 2.36. The molecular formula is C12H23NO2S. The van der Waals surface area contributed by atoms with Crippen LogP contribution in [0.4, 0.5) is 0 Å². The van der Waals surface area contributed by atoms with Crippen LogP contribution >= 0.6 is 11.8 Å². The van der Waals surface area contributed by atoms with Crippen LogP contribution < -0.4 is 5.32 Å². The van der Waals surface area contributed by atoms with Crippen molar-refractivity contribution in [3.05, 3.63) is 0 Å². The summed E-state index contributed by atoms with van der Waals surface area (Å²) in [6.45, 7) is 3.92. The smallest absolute Gasteiger partial charge is 0.320 e. The van der Waals surface area contributed by atoms with Crippen LogP contribution in [0.2, 0.25) is 0 Å². The van der Waals surface area contributed by atoms with Gasteiger partial charge in [-0.2, -0.15) is 11.8 Å². The number of carboxylic acids is 1. The first-order valence-electron chi connectivity index (χ1n) is 6.06. The summed E-state index contributed by atoms with van der Waals surface area (Å²) in [6.07, 6.45) is 6.81. The molecule has 4 heteroatoms. The van der Waals surface area contributed by atoms with E-state index >= 15 is 0 Å². The van der Waals surface area contributed by atoms with Gasteiger partial charge < -0.3 is 10.4 Å². The minimum Gasteiger partial charge on any atom is -0.480 e. The average molecular weight is 245 g/mol. The third-order valence-electron chi connectivity index (χ3n) is 3.36. The molecule has 1 fully saturated rings. The number of rotatable bonds is 5. The predicted molar refractivity (Wildman–Crippen MR) is 69.0 cm³/mol. The summed E-state index contributed by atoms with van der Waals surface area (Å²) in [6, 6.07) is 0.00253. The number of thioether (sulfide) groups is 1. The molecular weight excluding hydrogens is 222 g/mol. The zero-order valence-corrected chi connectivity index (χ0v) is 11.2. The molecule has 3 nitrogen and oxygen atoms in total. The number of carboxylic acid groups (broad SMARTS) is 1. The molecule has 1 rings (SSSR count). The van der Waals surface area contributed by atoms with Crippen molar-refractivity contribution in [3.8, 4) is 0 Å². The van der Waals surface area contributed by atoms with Crippen LogP contribution in [-0.2, 0) is 4.79 Å². The first kappa shape index (κ1) is 13.8. The third-order valence-corrected chi connectivity index (χ3v) is 4.49. The molecule has 0 aromatic rings. The maximum Gasteiger partial charge on any atom is 0.320 e. The fourth-order valence-corrected chi connectivity index (χ4v) is 3.01. The highest BCUT2D eigenvalue weighted by molar-refractivity contribution is 7.99. The molecule has 1 unspecified atom stereocenters. The molecule has 0 heterocycles. The Bertz CT molecular complexity index is 225. The number of nitrogens with one attached hydrogen (secondary N) is 1. The van der Waals surface area contributed by atoms with Crippen LogP contribution in [-0.4, -0.2) is 34.7 Å². The van der Waals surface area contributed by atoms with E-state index in [1.54, 1.807) is 0 Å². The topological polar surface area (TPSA) is 49.3 Å². The minimum atomic E-state index is -0.720. The molecule has 0 bridgehead atoms. The van der Waals surface area contributed by atoms with E-state index in [1.807, 2.05) is 25.6 Å². The Morgan fingerprint density at radius 2 is 1.88 bits per heavy atom. The first-order valence-corrected chi connectivity index (χ1v) is 7.35. The summed E-state index contributed by atoms with van der Waals surface area (Å²) in [5.74, 6) is -0.572. The normalized spacial score (nSPS) is 28.0.